The van der Waals surface area contributed by atoms with Crippen molar-refractivity contribution in [3.05, 3.63) is 82.3 Å². The van der Waals surface area contributed by atoms with E-state index < -0.39 is 23.7 Å². The van der Waals surface area contributed by atoms with Crippen molar-refractivity contribution < 1.29 is 23.5 Å². The van der Waals surface area contributed by atoms with Crippen molar-refractivity contribution >= 4 is 34.7 Å². The monoisotopic (exact) mass is 427 g/mol. The van der Waals surface area contributed by atoms with Gasteiger partial charge in [0.05, 0.1) is 16.1 Å². The quantitative estimate of drug-likeness (QED) is 0.526. The summed E-state index contributed by atoms with van der Waals surface area (Å²) < 4.78 is 18.9. The lowest BCUT2D eigenvalue weighted by atomic mass is 10.1. The second kappa shape index (κ2) is 9.66. The molecule has 30 heavy (non-hydrogen) atoms. The summed E-state index contributed by atoms with van der Waals surface area (Å²) in [5.74, 6) is -2.33. The number of hydrazine groups is 1. The Hall–Kier alpha value is -3.72. The average molecular weight is 427 g/mol. The fourth-order valence-corrected chi connectivity index (χ4v) is 3.07. The third-order valence-electron chi connectivity index (χ3n) is 3.97. The van der Waals surface area contributed by atoms with Gasteiger partial charge in [0.2, 0.25) is 0 Å². The van der Waals surface area contributed by atoms with Gasteiger partial charge >= 0.3 is 0 Å². The molecule has 1 unspecified atom stereocenters. The number of ether oxygens (including phenoxy) is 1. The standard InChI is InChI=1S/C21H18FN3O4S/c1-13(29-17-10-5-3-8-15(17)22)19(26)24-25-20(27)14-7-2-4-9-16(14)23-21(28)18-11-6-12-30-18/h2-13H,1H3,(H,23,28)(H,24,26)(H,25,27). The number of hydrogen-bond acceptors (Lipinski definition) is 5. The van der Waals surface area contributed by atoms with Crippen molar-refractivity contribution in [3.8, 4) is 5.75 Å². The number of carbonyl (C=O) groups excluding carboxylic acids is 3. The summed E-state index contributed by atoms with van der Waals surface area (Å²) in [7, 11) is 0. The first-order chi connectivity index (χ1) is 14.5. The lowest BCUT2D eigenvalue weighted by Crippen LogP contribution is -2.47. The molecule has 154 valence electrons. The molecule has 0 aliphatic carbocycles. The van der Waals surface area contributed by atoms with Crippen molar-refractivity contribution in [1.29, 1.82) is 0 Å². The van der Waals surface area contributed by atoms with Crippen LogP contribution < -0.4 is 20.9 Å². The van der Waals surface area contributed by atoms with E-state index in [-0.39, 0.29) is 17.2 Å². The predicted molar refractivity (Wildman–Crippen MR) is 111 cm³/mol. The van der Waals surface area contributed by atoms with Gasteiger partial charge in [0.1, 0.15) is 0 Å². The Kier molecular flexibility index (Phi) is 6.76. The maximum Gasteiger partial charge on any atom is 0.279 e. The number of carbonyl (C=O) groups is 3. The van der Waals surface area contributed by atoms with Crippen molar-refractivity contribution in [3.63, 3.8) is 0 Å². The molecule has 2 aromatic carbocycles. The van der Waals surface area contributed by atoms with E-state index in [1.165, 1.54) is 42.5 Å². The molecule has 0 fully saturated rings. The molecule has 7 nitrogen and oxygen atoms in total. The van der Waals surface area contributed by atoms with Gasteiger partial charge in [-0.2, -0.15) is 0 Å². The van der Waals surface area contributed by atoms with Crippen LogP contribution >= 0.6 is 11.3 Å². The van der Waals surface area contributed by atoms with E-state index in [1.54, 1.807) is 41.8 Å². The molecule has 0 saturated heterocycles. The van der Waals surface area contributed by atoms with Crippen molar-refractivity contribution in [2.75, 3.05) is 5.32 Å². The van der Waals surface area contributed by atoms with E-state index in [1.807, 2.05) is 0 Å². The topological polar surface area (TPSA) is 96.5 Å². The van der Waals surface area contributed by atoms with Gasteiger partial charge in [-0.3, -0.25) is 25.2 Å². The molecule has 0 spiro atoms. The van der Waals surface area contributed by atoms with Crippen LogP contribution in [0.3, 0.4) is 0 Å². The molecule has 0 saturated carbocycles. The van der Waals surface area contributed by atoms with Gasteiger partial charge in [-0.1, -0.05) is 30.3 Å². The molecule has 0 radical (unpaired) electrons. The number of hydrogen-bond donors (Lipinski definition) is 3. The Bertz CT molecular complexity index is 1060. The highest BCUT2D eigenvalue weighted by atomic mass is 32.1. The summed E-state index contributed by atoms with van der Waals surface area (Å²) in [5, 5.41) is 4.45. The van der Waals surface area contributed by atoms with Gasteiger partial charge in [-0.15, -0.1) is 11.3 Å². The maximum atomic E-state index is 13.6. The van der Waals surface area contributed by atoms with E-state index in [0.717, 1.165) is 0 Å². The van der Waals surface area contributed by atoms with Crippen LogP contribution in [0.15, 0.2) is 66.0 Å². The first-order valence-electron chi connectivity index (χ1n) is 8.91. The van der Waals surface area contributed by atoms with Crippen LogP contribution in [0, 0.1) is 5.82 Å². The number of para-hydroxylation sites is 2. The second-order valence-corrected chi connectivity index (χ2v) is 7.06. The second-order valence-electron chi connectivity index (χ2n) is 6.11. The van der Waals surface area contributed by atoms with Gasteiger partial charge < -0.3 is 10.1 Å². The molecular weight excluding hydrogens is 409 g/mol. The van der Waals surface area contributed by atoms with E-state index in [9.17, 15) is 18.8 Å². The van der Waals surface area contributed by atoms with Gasteiger partial charge in [-0.25, -0.2) is 4.39 Å². The number of anilines is 1. The Morgan fingerprint density at radius 3 is 2.40 bits per heavy atom. The lowest BCUT2D eigenvalue weighted by molar-refractivity contribution is -0.128. The number of thiophene rings is 1. The van der Waals surface area contributed by atoms with Crippen molar-refractivity contribution in [2.24, 2.45) is 0 Å². The minimum atomic E-state index is -1.06. The molecule has 0 bridgehead atoms. The summed E-state index contributed by atoms with van der Waals surface area (Å²) >= 11 is 1.27. The predicted octanol–water partition coefficient (Wildman–Crippen LogP) is 3.37. The summed E-state index contributed by atoms with van der Waals surface area (Å²) in [6.45, 7) is 1.42. The molecule has 1 atom stereocenters. The first kappa shape index (κ1) is 21.0. The number of amides is 3. The molecule has 3 amide bonds. The number of halogens is 1. The molecule has 3 N–H and O–H groups in total. The Morgan fingerprint density at radius 1 is 0.933 bits per heavy atom. The van der Waals surface area contributed by atoms with Gasteiger partial charge in [0.25, 0.3) is 17.7 Å². The first-order valence-corrected chi connectivity index (χ1v) is 9.79. The van der Waals surface area contributed by atoms with Crippen LogP contribution in [0.2, 0.25) is 0 Å². The van der Waals surface area contributed by atoms with Gasteiger partial charge in [0, 0.05) is 0 Å². The fourth-order valence-electron chi connectivity index (χ4n) is 2.45. The van der Waals surface area contributed by atoms with E-state index >= 15 is 0 Å². The minimum Gasteiger partial charge on any atom is -0.478 e. The normalized spacial score (nSPS) is 11.3. The van der Waals surface area contributed by atoms with Gasteiger partial charge in [0.15, 0.2) is 17.7 Å². The van der Waals surface area contributed by atoms with E-state index in [2.05, 4.69) is 16.2 Å². The average Bonchev–Trinajstić information content (AvgIpc) is 3.29. The lowest BCUT2D eigenvalue weighted by Gasteiger charge is -2.16. The highest BCUT2D eigenvalue weighted by Crippen LogP contribution is 2.18. The zero-order valence-corrected chi connectivity index (χ0v) is 16.7. The highest BCUT2D eigenvalue weighted by molar-refractivity contribution is 7.12. The smallest absolute Gasteiger partial charge is 0.279 e. The number of rotatable bonds is 6. The van der Waals surface area contributed by atoms with Crippen molar-refractivity contribution in [2.45, 2.75) is 13.0 Å². The molecule has 0 aliphatic rings. The van der Waals surface area contributed by atoms with Crippen LogP contribution in [0.4, 0.5) is 10.1 Å². The highest BCUT2D eigenvalue weighted by Gasteiger charge is 2.19. The number of benzene rings is 2. The van der Waals surface area contributed by atoms with Crippen molar-refractivity contribution in [1.82, 2.24) is 10.9 Å². The molecule has 1 heterocycles. The van der Waals surface area contributed by atoms with E-state index in [0.29, 0.717) is 10.6 Å². The third kappa shape index (κ3) is 5.21. The largest absolute Gasteiger partial charge is 0.478 e. The Labute approximate surface area is 175 Å². The van der Waals surface area contributed by atoms with Crippen LogP contribution in [0.5, 0.6) is 5.75 Å². The third-order valence-corrected chi connectivity index (χ3v) is 4.84. The SMILES string of the molecule is CC(Oc1ccccc1F)C(=O)NNC(=O)c1ccccc1NC(=O)c1cccs1. The van der Waals surface area contributed by atoms with Crippen LogP contribution in [0.25, 0.3) is 0 Å². The maximum absolute atomic E-state index is 13.6. The van der Waals surface area contributed by atoms with E-state index in [4.69, 9.17) is 4.74 Å². The molecule has 9 heteroatoms. The molecule has 3 rings (SSSR count). The molecule has 1 aromatic heterocycles. The molecule has 0 aliphatic heterocycles. The number of nitrogens with one attached hydrogen (secondary N) is 3. The van der Waals surface area contributed by atoms with Gasteiger partial charge in [-0.05, 0) is 42.6 Å². The Morgan fingerprint density at radius 2 is 1.67 bits per heavy atom. The summed E-state index contributed by atoms with van der Waals surface area (Å²) in [5.41, 5.74) is 4.95. The zero-order chi connectivity index (χ0) is 21.5. The summed E-state index contributed by atoms with van der Waals surface area (Å²) in [6.07, 6.45) is -1.06. The van der Waals surface area contributed by atoms with Crippen LogP contribution in [-0.2, 0) is 4.79 Å². The molecule has 3 aromatic rings. The Balaban J connectivity index is 1.60. The summed E-state index contributed by atoms with van der Waals surface area (Å²) in [4.78, 5) is 37.4. The zero-order valence-electron chi connectivity index (χ0n) is 15.8. The fraction of sp³-hybridized carbons (Fsp3) is 0.0952. The van der Waals surface area contributed by atoms with Crippen LogP contribution in [-0.4, -0.2) is 23.8 Å². The van der Waals surface area contributed by atoms with Crippen LogP contribution in [0.1, 0.15) is 27.0 Å². The molecular formula is C21H18FN3O4S. The summed E-state index contributed by atoms with van der Waals surface area (Å²) in [6, 6.07) is 15.5. The minimum absolute atomic E-state index is 0.0758.